The summed E-state index contributed by atoms with van der Waals surface area (Å²) in [7, 11) is 0. The van der Waals surface area contributed by atoms with Gasteiger partial charge in [0, 0.05) is 18.7 Å². The number of nitrogens with one attached hydrogen (secondary N) is 1. The van der Waals surface area contributed by atoms with E-state index in [1.54, 1.807) is 24.3 Å². The van der Waals surface area contributed by atoms with Crippen LogP contribution in [0.5, 0.6) is 0 Å². The summed E-state index contributed by atoms with van der Waals surface area (Å²) in [4.78, 5) is 15.0. The van der Waals surface area contributed by atoms with Gasteiger partial charge >= 0.3 is 5.97 Å². The number of benzene rings is 1. The molecule has 0 amide bonds. The Labute approximate surface area is 87.7 Å². The molecule has 1 heterocycles. The van der Waals surface area contributed by atoms with Crippen molar-refractivity contribution in [1.29, 1.82) is 0 Å². The molecule has 1 aromatic carbocycles. The highest BCUT2D eigenvalue weighted by Crippen LogP contribution is 2.06. The number of carboxylic acid groups (broad SMARTS) is 1. The number of amidine groups is 1. The van der Waals surface area contributed by atoms with Gasteiger partial charge in [0.05, 0.1) is 5.56 Å². The Morgan fingerprint density at radius 2 is 2.07 bits per heavy atom. The van der Waals surface area contributed by atoms with E-state index in [2.05, 4.69) is 10.3 Å². The van der Waals surface area contributed by atoms with E-state index < -0.39 is 5.97 Å². The van der Waals surface area contributed by atoms with Gasteiger partial charge in [-0.1, -0.05) is 12.1 Å². The van der Waals surface area contributed by atoms with E-state index in [-0.39, 0.29) is 0 Å². The maximum atomic E-state index is 10.6. The van der Waals surface area contributed by atoms with Gasteiger partial charge in [-0.3, -0.25) is 4.99 Å². The van der Waals surface area contributed by atoms with Crippen LogP contribution >= 0.6 is 0 Å². The summed E-state index contributed by atoms with van der Waals surface area (Å²) in [6, 6.07) is 6.74. The molecule has 0 saturated carbocycles. The van der Waals surface area contributed by atoms with Crippen molar-refractivity contribution in [2.45, 2.75) is 6.42 Å². The molecule has 15 heavy (non-hydrogen) atoms. The molecule has 0 bridgehead atoms. The summed E-state index contributed by atoms with van der Waals surface area (Å²) in [6.07, 6.45) is 1.05. The Morgan fingerprint density at radius 3 is 2.60 bits per heavy atom. The Kier molecular flexibility index (Phi) is 2.67. The van der Waals surface area contributed by atoms with Crippen molar-refractivity contribution in [2.75, 3.05) is 13.1 Å². The van der Waals surface area contributed by atoms with Crippen LogP contribution in [0, 0.1) is 0 Å². The number of rotatable bonds is 2. The number of aliphatic imine (C=N–C) groups is 1. The smallest absolute Gasteiger partial charge is 0.335 e. The zero-order valence-electron chi connectivity index (χ0n) is 8.23. The Bertz CT molecular complexity index is 396. The van der Waals surface area contributed by atoms with Crippen LogP contribution in [0.1, 0.15) is 22.3 Å². The van der Waals surface area contributed by atoms with Crippen molar-refractivity contribution < 1.29 is 9.90 Å². The number of nitrogens with zero attached hydrogens (tertiary/aromatic N) is 1. The molecule has 1 aliphatic rings. The monoisotopic (exact) mass is 204 g/mol. The molecule has 4 nitrogen and oxygen atoms in total. The Hall–Kier alpha value is -1.84. The molecule has 0 radical (unpaired) electrons. The van der Waals surface area contributed by atoms with E-state index in [9.17, 15) is 4.79 Å². The molecule has 0 aliphatic carbocycles. The SMILES string of the molecule is O=C(O)c1ccc(C2=NCCCN2)cc1. The van der Waals surface area contributed by atoms with Crippen LogP contribution in [0.4, 0.5) is 0 Å². The molecular weight excluding hydrogens is 192 g/mol. The minimum absolute atomic E-state index is 0.301. The molecule has 0 saturated heterocycles. The van der Waals surface area contributed by atoms with E-state index in [4.69, 9.17) is 5.11 Å². The normalized spacial score (nSPS) is 15.3. The third-order valence-electron chi connectivity index (χ3n) is 2.30. The van der Waals surface area contributed by atoms with Gasteiger partial charge < -0.3 is 10.4 Å². The molecule has 1 aliphatic heterocycles. The van der Waals surface area contributed by atoms with E-state index >= 15 is 0 Å². The molecule has 78 valence electrons. The lowest BCUT2D eigenvalue weighted by molar-refractivity contribution is 0.0697. The lowest BCUT2D eigenvalue weighted by Gasteiger charge is -2.14. The summed E-state index contributed by atoms with van der Waals surface area (Å²) in [6.45, 7) is 1.77. The van der Waals surface area contributed by atoms with Crippen molar-refractivity contribution in [2.24, 2.45) is 4.99 Å². The summed E-state index contributed by atoms with van der Waals surface area (Å²) in [5.41, 5.74) is 1.25. The zero-order valence-corrected chi connectivity index (χ0v) is 8.23. The van der Waals surface area contributed by atoms with Crippen molar-refractivity contribution in [3.05, 3.63) is 35.4 Å². The predicted octanol–water partition coefficient (Wildman–Crippen LogP) is 1.12. The van der Waals surface area contributed by atoms with Crippen molar-refractivity contribution in [3.63, 3.8) is 0 Å². The van der Waals surface area contributed by atoms with Gasteiger partial charge in [-0.25, -0.2) is 4.79 Å². The number of aromatic carboxylic acids is 1. The number of carboxylic acids is 1. The highest BCUT2D eigenvalue weighted by molar-refractivity contribution is 6.00. The number of hydrogen-bond donors (Lipinski definition) is 2. The van der Waals surface area contributed by atoms with Gasteiger partial charge in [-0.05, 0) is 18.6 Å². The molecule has 0 unspecified atom stereocenters. The van der Waals surface area contributed by atoms with Crippen LogP contribution in [0.2, 0.25) is 0 Å². The highest BCUT2D eigenvalue weighted by Gasteiger charge is 2.08. The maximum absolute atomic E-state index is 10.6. The molecule has 2 rings (SSSR count). The molecule has 1 aromatic rings. The van der Waals surface area contributed by atoms with Gasteiger partial charge in [0.25, 0.3) is 0 Å². The minimum Gasteiger partial charge on any atom is -0.478 e. The second-order valence-corrected chi connectivity index (χ2v) is 3.39. The summed E-state index contributed by atoms with van der Waals surface area (Å²) in [5.74, 6) is -0.0433. The fourth-order valence-electron chi connectivity index (χ4n) is 1.50. The van der Waals surface area contributed by atoms with Crippen molar-refractivity contribution in [1.82, 2.24) is 5.32 Å². The first kappa shape index (κ1) is 9.71. The topological polar surface area (TPSA) is 61.7 Å². The standard InChI is InChI=1S/C11H12N2O2/c14-11(15)9-4-2-8(3-5-9)10-12-6-1-7-13-10/h2-5H,1,6-7H2,(H,12,13)(H,14,15). The van der Waals surface area contributed by atoms with Crippen LogP contribution in [0.3, 0.4) is 0 Å². The molecule has 0 atom stereocenters. The summed E-state index contributed by atoms with van der Waals surface area (Å²) >= 11 is 0. The summed E-state index contributed by atoms with van der Waals surface area (Å²) in [5, 5.41) is 11.9. The molecule has 4 heteroatoms. The average molecular weight is 204 g/mol. The minimum atomic E-state index is -0.903. The van der Waals surface area contributed by atoms with E-state index in [0.717, 1.165) is 30.9 Å². The van der Waals surface area contributed by atoms with E-state index in [1.807, 2.05) is 0 Å². The van der Waals surface area contributed by atoms with Gasteiger partial charge in [0.1, 0.15) is 5.84 Å². The Morgan fingerprint density at radius 1 is 1.33 bits per heavy atom. The zero-order chi connectivity index (χ0) is 10.7. The van der Waals surface area contributed by atoms with E-state index in [1.165, 1.54) is 0 Å². The lowest BCUT2D eigenvalue weighted by atomic mass is 10.1. The van der Waals surface area contributed by atoms with Crippen molar-refractivity contribution >= 4 is 11.8 Å². The van der Waals surface area contributed by atoms with Gasteiger partial charge in [-0.2, -0.15) is 0 Å². The highest BCUT2D eigenvalue weighted by atomic mass is 16.4. The van der Waals surface area contributed by atoms with Crippen molar-refractivity contribution in [3.8, 4) is 0 Å². The fourth-order valence-corrected chi connectivity index (χ4v) is 1.50. The van der Waals surface area contributed by atoms with Crippen LogP contribution < -0.4 is 5.32 Å². The van der Waals surface area contributed by atoms with Gasteiger partial charge in [-0.15, -0.1) is 0 Å². The molecule has 0 aromatic heterocycles. The first-order valence-corrected chi connectivity index (χ1v) is 4.89. The first-order chi connectivity index (χ1) is 7.27. The second-order valence-electron chi connectivity index (χ2n) is 3.39. The number of carbonyl (C=O) groups is 1. The second kappa shape index (κ2) is 4.13. The largest absolute Gasteiger partial charge is 0.478 e. The quantitative estimate of drug-likeness (QED) is 0.759. The maximum Gasteiger partial charge on any atom is 0.335 e. The molecule has 0 fully saturated rings. The third-order valence-corrected chi connectivity index (χ3v) is 2.30. The third kappa shape index (κ3) is 2.15. The first-order valence-electron chi connectivity index (χ1n) is 4.89. The lowest BCUT2D eigenvalue weighted by Crippen LogP contribution is -2.30. The molecule has 0 spiro atoms. The summed E-state index contributed by atoms with van der Waals surface area (Å²) < 4.78 is 0. The molecule has 2 N–H and O–H groups in total. The molecular formula is C11H12N2O2. The van der Waals surface area contributed by atoms with E-state index in [0.29, 0.717) is 5.56 Å². The van der Waals surface area contributed by atoms with Crippen LogP contribution in [0.25, 0.3) is 0 Å². The average Bonchev–Trinajstić information content (AvgIpc) is 2.30. The predicted molar refractivity (Wildman–Crippen MR) is 57.4 cm³/mol. The van der Waals surface area contributed by atoms with Crippen LogP contribution in [-0.2, 0) is 0 Å². The van der Waals surface area contributed by atoms with Gasteiger partial charge in [0.15, 0.2) is 0 Å². The van der Waals surface area contributed by atoms with Gasteiger partial charge in [0.2, 0.25) is 0 Å². The Balaban J connectivity index is 2.23. The number of hydrogen-bond acceptors (Lipinski definition) is 3. The van der Waals surface area contributed by atoms with Crippen LogP contribution in [-0.4, -0.2) is 30.0 Å². The fraction of sp³-hybridized carbons (Fsp3) is 0.273. The van der Waals surface area contributed by atoms with Crippen LogP contribution in [0.15, 0.2) is 29.3 Å².